The van der Waals surface area contributed by atoms with E-state index in [1.165, 1.54) is 0 Å². The van der Waals surface area contributed by atoms with E-state index in [0.717, 1.165) is 22.8 Å². The van der Waals surface area contributed by atoms with Gasteiger partial charge in [0.05, 0.1) is 23.9 Å². The summed E-state index contributed by atoms with van der Waals surface area (Å²) in [5, 5.41) is 23.7. The molecule has 1 aromatic heterocycles. The van der Waals surface area contributed by atoms with E-state index in [-0.39, 0.29) is 17.8 Å². The normalized spacial score (nSPS) is 30.5. The zero-order valence-corrected chi connectivity index (χ0v) is 18.9. The first-order chi connectivity index (χ1) is 14.5. The Morgan fingerprint density at radius 3 is 2.71 bits per heavy atom. The molecule has 3 aliphatic carbocycles. The van der Waals surface area contributed by atoms with Gasteiger partial charge in [-0.15, -0.1) is 0 Å². The number of aliphatic hydroxyl groups is 1. The Hall–Kier alpha value is -1.65. The quantitative estimate of drug-likeness (QED) is 0.537. The second-order valence-electron chi connectivity index (χ2n) is 9.68. The highest BCUT2D eigenvalue weighted by Gasteiger charge is 2.63. The van der Waals surface area contributed by atoms with Gasteiger partial charge in [0.15, 0.2) is 0 Å². The molecule has 3 fully saturated rings. The van der Waals surface area contributed by atoms with Crippen LogP contribution in [0.4, 0.5) is 0 Å². The number of rotatable bonds is 8. The number of furan rings is 1. The lowest BCUT2D eigenvalue weighted by molar-refractivity contribution is -0.241. The lowest BCUT2D eigenvalue weighted by atomic mass is 9.43. The minimum absolute atomic E-state index is 0.0217. The first-order valence-electron chi connectivity index (χ1n) is 10.6. The molecule has 0 spiro atoms. The Kier molecular flexibility index (Phi) is 5.63. The zero-order chi connectivity index (χ0) is 22.6. The molecule has 0 amide bonds. The summed E-state index contributed by atoms with van der Waals surface area (Å²) in [4.78, 5) is 0. The molecule has 9 heteroatoms. The molecular weight excluding hydrogens is 417 g/mol. The van der Waals surface area contributed by atoms with Crippen molar-refractivity contribution >= 4 is 28.1 Å². The van der Waals surface area contributed by atoms with Crippen molar-refractivity contribution in [3.8, 4) is 0 Å². The van der Waals surface area contributed by atoms with Gasteiger partial charge in [0.2, 0.25) is 10.0 Å². The molecule has 31 heavy (non-hydrogen) atoms. The molecule has 3 saturated carbocycles. The molecule has 5 atom stereocenters. The van der Waals surface area contributed by atoms with Gasteiger partial charge >= 0.3 is 7.12 Å². The number of benzene rings is 1. The van der Waals surface area contributed by atoms with Crippen LogP contribution < -0.4 is 4.72 Å². The minimum Gasteiger partial charge on any atom is -0.464 e. The fourth-order valence-electron chi connectivity index (χ4n) is 5.47. The third kappa shape index (κ3) is 3.98. The van der Waals surface area contributed by atoms with Gasteiger partial charge in [0.25, 0.3) is 0 Å². The van der Waals surface area contributed by atoms with E-state index in [2.05, 4.69) is 25.1 Å². The maximum atomic E-state index is 12.2. The first kappa shape index (κ1) is 22.5. The van der Waals surface area contributed by atoms with E-state index in [1.807, 2.05) is 24.3 Å². The predicted molar refractivity (Wildman–Crippen MR) is 119 cm³/mol. The fourth-order valence-corrected chi connectivity index (χ4v) is 6.19. The van der Waals surface area contributed by atoms with Gasteiger partial charge in [0.1, 0.15) is 5.58 Å². The van der Waals surface area contributed by atoms with Crippen molar-refractivity contribution in [3.63, 3.8) is 0 Å². The van der Waals surface area contributed by atoms with Crippen molar-refractivity contribution in [2.75, 3.05) is 0 Å². The summed E-state index contributed by atoms with van der Waals surface area (Å²) < 4.78 is 38.3. The van der Waals surface area contributed by atoms with Crippen LogP contribution >= 0.6 is 0 Å². The molecule has 2 aromatic rings. The van der Waals surface area contributed by atoms with Crippen LogP contribution in [0.2, 0.25) is 0 Å². The Bertz CT molecular complexity index is 1080. The van der Waals surface area contributed by atoms with Crippen molar-refractivity contribution in [1.29, 1.82) is 0 Å². The van der Waals surface area contributed by atoms with Crippen LogP contribution in [0.5, 0.6) is 0 Å². The third-order valence-electron chi connectivity index (χ3n) is 7.51. The zero-order valence-electron chi connectivity index (χ0n) is 18.1. The summed E-state index contributed by atoms with van der Waals surface area (Å²) in [6.45, 7) is 9.38. The van der Waals surface area contributed by atoms with Gasteiger partial charge < -0.3 is 19.2 Å². The molecule has 0 radical (unpaired) electrons. The van der Waals surface area contributed by atoms with Crippen molar-refractivity contribution < 1.29 is 27.6 Å². The van der Waals surface area contributed by atoms with Crippen molar-refractivity contribution in [1.82, 2.24) is 4.72 Å². The number of para-hydroxylation sites is 1. The molecule has 1 heterocycles. The number of fused-ring (bicyclic) bond motifs is 3. The molecule has 168 valence electrons. The maximum Gasteiger partial charge on any atom is 0.474 e. The molecule has 5 rings (SSSR count). The lowest BCUT2D eigenvalue weighted by Crippen LogP contribution is -2.68. The van der Waals surface area contributed by atoms with Gasteiger partial charge in [-0.3, -0.25) is 0 Å². The first-order valence-corrected chi connectivity index (χ1v) is 12.2. The Balaban J connectivity index is 1.56. The summed E-state index contributed by atoms with van der Waals surface area (Å²) in [6.07, 6.45) is 2.67. The molecule has 1 aromatic carbocycles. The Morgan fingerprint density at radius 2 is 2.06 bits per heavy atom. The van der Waals surface area contributed by atoms with Crippen molar-refractivity contribution in [2.24, 2.45) is 17.3 Å². The summed E-state index contributed by atoms with van der Waals surface area (Å²) in [5.74, 6) is -0.515. The molecule has 0 aliphatic heterocycles. The molecule has 3 N–H and O–H groups in total. The summed E-state index contributed by atoms with van der Waals surface area (Å²) in [6, 6.07) is 7.41. The second-order valence-corrected chi connectivity index (χ2v) is 11.3. The molecule has 0 unspecified atom stereocenters. The summed E-state index contributed by atoms with van der Waals surface area (Å²) in [7, 11) is -5.29. The summed E-state index contributed by atoms with van der Waals surface area (Å²) in [5.41, 5.74) is 0.335. The maximum absolute atomic E-state index is 12.2. The molecule has 0 saturated heterocycles. The van der Waals surface area contributed by atoms with E-state index in [0.29, 0.717) is 17.9 Å². The Morgan fingerprint density at radius 1 is 1.35 bits per heavy atom. The van der Waals surface area contributed by atoms with Crippen LogP contribution in [0, 0.1) is 17.3 Å². The van der Waals surface area contributed by atoms with Gasteiger partial charge in [-0.25, -0.2) is 13.1 Å². The van der Waals surface area contributed by atoms with Gasteiger partial charge in [-0.2, -0.15) is 0 Å². The second kappa shape index (κ2) is 7.74. The van der Waals surface area contributed by atoms with E-state index < -0.39 is 34.8 Å². The highest BCUT2D eigenvalue weighted by atomic mass is 32.2. The van der Waals surface area contributed by atoms with Crippen LogP contribution in [-0.2, 0) is 21.1 Å². The molecule has 7 nitrogen and oxygen atoms in total. The molecule has 3 aliphatic rings. The topological polar surface area (TPSA) is 109 Å². The highest BCUT2D eigenvalue weighted by Crippen LogP contribution is 2.63. The fraction of sp³-hybridized carbons (Fsp3) is 0.545. The number of sulfonamides is 1. The van der Waals surface area contributed by atoms with Gasteiger partial charge in [0, 0.05) is 10.8 Å². The highest BCUT2D eigenvalue weighted by molar-refractivity contribution is 7.92. The number of hydrogen-bond donors (Lipinski definition) is 3. The van der Waals surface area contributed by atoms with Crippen molar-refractivity contribution in [3.05, 3.63) is 48.1 Å². The minimum atomic E-state index is -3.83. The van der Waals surface area contributed by atoms with Crippen LogP contribution in [0.25, 0.3) is 11.0 Å². The van der Waals surface area contributed by atoms with E-state index in [4.69, 9.17) is 9.07 Å². The number of nitrogens with one attached hydrogen (secondary N) is 1. The average molecular weight is 447 g/mol. The van der Waals surface area contributed by atoms with E-state index in [1.54, 1.807) is 13.2 Å². The predicted octanol–water partition coefficient (Wildman–Crippen LogP) is 2.63. The van der Waals surface area contributed by atoms with Gasteiger partial charge in [-0.05, 0) is 55.1 Å². The summed E-state index contributed by atoms with van der Waals surface area (Å²) >= 11 is 0. The number of hydrogen-bond acceptors (Lipinski definition) is 6. The van der Waals surface area contributed by atoms with Crippen LogP contribution in [0.1, 0.15) is 39.2 Å². The molecular formula is C22H30BNO6S. The van der Waals surface area contributed by atoms with E-state index in [9.17, 15) is 18.5 Å². The largest absolute Gasteiger partial charge is 0.474 e. The van der Waals surface area contributed by atoms with Crippen molar-refractivity contribution in [2.45, 2.75) is 57.7 Å². The van der Waals surface area contributed by atoms with Crippen LogP contribution in [0.3, 0.4) is 0 Å². The molecule has 2 bridgehead atoms. The Labute approximate surface area is 183 Å². The monoisotopic (exact) mass is 447 g/mol. The van der Waals surface area contributed by atoms with E-state index >= 15 is 0 Å². The van der Waals surface area contributed by atoms with Crippen LogP contribution in [-0.4, -0.2) is 43.3 Å². The average Bonchev–Trinajstić information content (AvgIpc) is 3.11. The lowest BCUT2D eigenvalue weighted by Gasteiger charge is -2.65. The smallest absolute Gasteiger partial charge is 0.464 e. The van der Waals surface area contributed by atoms with Gasteiger partial charge in [-0.1, -0.05) is 38.6 Å². The third-order valence-corrected chi connectivity index (χ3v) is 8.58. The SMILES string of the molecule is C=CS(=O)(=O)N[C@@H](Cc1coc2ccccc12)B(O)O[C@@H]1C[C@@H]2C[C@@H](C2(C)C)[C@]1(C)O. The standard InChI is InChI=1S/C22H30BNO6S/c1-5-31(27,28)24-20(10-14-13-29-17-9-7-6-8-16(14)17)23(26)30-19-12-15-11-18(21(15,2)3)22(19,4)25/h5-9,13,15,18-20,24-26H,1,10-12H2,2-4H3/t15-,18-,19+,20-,22-/m0/s1. The van der Waals surface area contributed by atoms with Crippen LogP contribution in [0.15, 0.2) is 46.9 Å².